The van der Waals surface area contributed by atoms with Gasteiger partial charge in [0.15, 0.2) is 0 Å². The Kier molecular flexibility index (Phi) is 39.3. The Morgan fingerprint density at radius 3 is 0.788 bits per heavy atom. The molecule has 2 aromatic rings. The van der Waals surface area contributed by atoms with Gasteiger partial charge in [0, 0.05) is 12.1 Å². The highest BCUT2D eigenvalue weighted by molar-refractivity contribution is 14.1. The molecule has 0 aliphatic carbocycles. The zero-order valence-corrected chi connectivity index (χ0v) is 46.5. The summed E-state index contributed by atoms with van der Waals surface area (Å²) < 4.78 is 27.3. The van der Waals surface area contributed by atoms with Crippen LogP contribution in [0, 0.1) is 54.5 Å². The summed E-state index contributed by atoms with van der Waals surface area (Å²) in [6.07, 6.45) is 40.6. The first-order valence-electron chi connectivity index (χ1n) is 26.7. The van der Waals surface area contributed by atoms with Gasteiger partial charge in [0.25, 0.3) is 0 Å². The van der Waals surface area contributed by atoms with Crippen molar-refractivity contribution in [1.29, 1.82) is 0 Å². The SMILES string of the molecule is CCCCCCCCCCOc1cc(C#CC#CC#CC#Cc2cc(OCCCCCCCCCC)c(I)cc2OCCCCCCCCCC)c(OCCCCCCCCCC)cc1I. The molecule has 0 aromatic heterocycles. The minimum absolute atomic E-state index is 0.674. The third-order valence-electron chi connectivity index (χ3n) is 11.8. The van der Waals surface area contributed by atoms with E-state index < -0.39 is 0 Å². The van der Waals surface area contributed by atoms with Crippen molar-refractivity contribution in [2.75, 3.05) is 26.4 Å². The van der Waals surface area contributed by atoms with Gasteiger partial charge >= 0.3 is 0 Å². The second-order valence-corrected chi connectivity index (χ2v) is 20.2. The molecule has 0 atom stereocenters. The molecule has 66 heavy (non-hydrogen) atoms. The Morgan fingerprint density at radius 2 is 0.515 bits per heavy atom. The standard InChI is InChI=1S/C60H88I2O4/c1-5-9-13-17-21-27-33-39-45-63-57-51-55(61)59(65-47-41-35-29-23-19-15-11-7-3)49-53(57)43-37-31-25-26-32-38-44-54-50-60(66-48-42-36-30-24-20-16-12-8-4)56(62)52-58(54)64-46-40-34-28-22-18-14-10-6-2/h49-52H,5-24,27-30,33-36,39-42,45-48H2,1-4H3. The minimum Gasteiger partial charge on any atom is -0.492 e. The third kappa shape index (κ3) is 31.4. The van der Waals surface area contributed by atoms with E-state index in [0.29, 0.717) is 26.4 Å². The molecule has 0 radical (unpaired) electrons. The lowest BCUT2D eigenvalue weighted by Gasteiger charge is -2.13. The van der Waals surface area contributed by atoms with Crippen molar-refractivity contribution in [2.45, 2.75) is 233 Å². The van der Waals surface area contributed by atoms with Gasteiger partial charge in [-0.15, -0.1) is 0 Å². The molecule has 0 saturated carbocycles. The fourth-order valence-electron chi connectivity index (χ4n) is 7.72. The normalized spacial score (nSPS) is 10.5. The van der Waals surface area contributed by atoms with E-state index in [0.717, 1.165) is 66.9 Å². The topological polar surface area (TPSA) is 36.9 Å². The van der Waals surface area contributed by atoms with Crippen LogP contribution in [-0.2, 0) is 0 Å². The number of ether oxygens (including phenoxy) is 4. The molecule has 0 unspecified atom stereocenters. The van der Waals surface area contributed by atoms with E-state index in [1.165, 1.54) is 180 Å². The first-order valence-corrected chi connectivity index (χ1v) is 28.9. The van der Waals surface area contributed by atoms with Gasteiger partial charge in [0.1, 0.15) is 23.0 Å². The van der Waals surface area contributed by atoms with Crippen LogP contribution in [0.5, 0.6) is 23.0 Å². The molecule has 0 saturated heterocycles. The van der Waals surface area contributed by atoms with Crippen molar-refractivity contribution in [3.8, 4) is 70.4 Å². The second kappa shape index (κ2) is 43.6. The van der Waals surface area contributed by atoms with Crippen molar-refractivity contribution >= 4 is 45.2 Å². The molecule has 0 fully saturated rings. The van der Waals surface area contributed by atoms with Crippen LogP contribution in [0.1, 0.15) is 244 Å². The summed E-state index contributed by atoms with van der Waals surface area (Å²) >= 11 is 4.71. The molecular weight excluding hydrogens is 1040 g/mol. The van der Waals surface area contributed by atoms with Crippen molar-refractivity contribution in [2.24, 2.45) is 0 Å². The highest BCUT2D eigenvalue weighted by Gasteiger charge is 2.12. The van der Waals surface area contributed by atoms with Crippen LogP contribution in [0.3, 0.4) is 0 Å². The Balaban J connectivity index is 2.13. The van der Waals surface area contributed by atoms with Gasteiger partial charge in [0.05, 0.1) is 44.7 Å². The third-order valence-corrected chi connectivity index (χ3v) is 13.5. The number of halogens is 2. The first-order chi connectivity index (χ1) is 32.5. The summed E-state index contributed by atoms with van der Waals surface area (Å²) in [7, 11) is 0. The zero-order chi connectivity index (χ0) is 47.4. The fraction of sp³-hybridized carbons (Fsp3) is 0.667. The molecule has 0 spiro atoms. The van der Waals surface area contributed by atoms with Crippen LogP contribution in [0.15, 0.2) is 24.3 Å². The van der Waals surface area contributed by atoms with E-state index >= 15 is 0 Å². The number of unbranched alkanes of at least 4 members (excludes halogenated alkanes) is 28. The van der Waals surface area contributed by atoms with Crippen LogP contribution in [0.2, 0.25) is 0 Å². The average molecular weight is 1130 g/mol. The monoisotopic (exact) mass is 1130 g/mol. The second-order valence-electron chi connectivity index (χ2n) is 17.9. The lowest BCUT2D eigenvalue weighted by Crippen LogP contribution is -2.03. The van der Waals surface area contributed by atoms with Crippen molar-refractivity contribution in [3.63, 3.8) is 0 Å². The van der Waals surface area contributed by atoms with E-state index in [-0.39, 0.29) is 0 Å². The predicted molar refractivity (Wildman–Crippen MR) is 300 cm³/mol. The number of hydrogen-bond acceptors (Lipinski definition) is 4. The van der Waals surface area contributed by atoms with E-state index in [9.17, 15) is 0 Å². The molecule has 2 rings (SSSR count). The summed E-state index contributed by atoms with van der Waals surface area (Å²) in [5, 5.41) is 0. The van der Waals surface area contributed by atoms with Gasteiger partial charge in [-0.05, 0) is 130 Å². The molecule has 2 aromatic carbocycles. The highest BCUT2D eigenvalue weighted by atomic mass is 127. The minimum atomic E-state index is 0.674. The molecule has 0 aliphatic heterocycles. The summed E-state index contributed by atoms with van der Waals surface area (Å²) in [4.78, 5) is 0. The average Bonchev–Trinajstić information content (AvgIpc) is 3.32. The van der Waals surface area contributed by atoms with E-state index in [1.54, 1.807) is 0 Å². The summed E-state index contributed by atoms with van der Waals surface area (Å²) in [5.74, 6) is 27.4. The molecule has 366 valence electrons. The van der Waals surface area contributed by atoms with Crippen molar-refractivity contribution < 1.29 is 18.9 Å². The molecule has 0 aliphatic rings. The van der Waals surface area contributed by atoms with Gasteiger partial charge in [-0.1, -0.05) is 207 Å². The Morgan fingerprint density at radius 1 is 0.288 bits per heavy atom. The van der Waals surface area contributed by atoms with Crippen LogP contribution >= 0.6 is 45.2 Å². The van der Waals surface area contributed by atoms with E-state index in [4.69, 9.17) is 18.9 Å². The van der Waals surface area contributed by atoms with E-state index in [2.05, 4.69) is 132 Å². The summed E-state index contributed by atoms with van der Waals surface area (Å²) in [6, 6.07) is 8.16. The number of hydrogen-bond donors (Lipinski definition) is 0. The van der Waals surface area contributed by atoms with Gasteiger partial charge in [0.2, 0.25) is 0 Å². The maximum atomic E-state index is 6.33. The van der Waals surface area contributed by atoms with Crippen LogP contribution in [-0.4, -0.2) is 26.4 Å². The largest absolute Gasteiger partial charge is 0.492 e. The summed E-state index contributed by atoms with van der Waals surface area (Å²) in [5.41, 5.74) is 1.59. The molecule has 0 bridgehead atoms. The zero-order valence-electron chi connectivity index (χ0n) is 42.2. The van der Waals surface area contributed by atoms with Crippen LogP contribution < -0.4 is 18.9 Å². The molecule has 6 heteroatoms. The lowest BCUT2D eigenvalue weighted by molar-refractivity contribution is 0.294. The molecule has 0 heterocycles. The predicted octanol–water partition coefficient (Wildman–Crippen LogP) is 18.4. The fourth-order valence-corrected chi connectivity index (χ4v) is 8.91. The van der Waals surface area contributed by atoms with Crippen molar-refractivity contribution in [1.82, 2.24) is 0 Å². The maximum absolute atomic E-state index is 6.33. The van der Waals surface area contributed by atoms with Crippen LogP contribution in [0.4, 0.5) is 0 Å². The molecule has 0 N–H and O–H groups in total. The molecular formula is C60H88I2O4. The maximum Gasteiger partial charge on any atom is 0.136 e. The van der Waals surface area contributed by atoms with Gasteiger partial charge in [-0.3, -0.25) is 0 Å². The number of benzene rings is 2. The van der Waals surface area contributed by atoms with Gasteiger partial charge < -0.3 is 18.9 Å². The van der Waals surface area contributed by atoms with Gasteiger partial charge in [-0.2, -0.15) is 0 Å². The van der Waals surface area contributed by atoms with E-state index in [1.807, 2.05) is 12.1 Å². The molecule has 4 nitrogen and oxygen atoms in total. The molecule has 0 amide bonds. The highest BCUT2D eigenvalue weighted by Crippen LogP contribution is 2.32. The smallest absolute Gasteiger partial charge is 0.136 e. The first kappa shape index (κ1) is 59.5. The summed E-state index contributed by atoms with van der Waals surface area (Å²) in [6.45, 7) is 11.8. The number of rotatable bonds is 40. The van der Waals surface area contributed by atoms with Gasteiger partial charge in [-0.25, -0.2) is 0 Å². The Bertz CT molecular complexity index is 1660. The van der Waals surface area contributed by atoms with Crippen LogP contribution in [0.25, 0.3) is 0 Å². The quantitative estimate of drug-likeness (QED) is 0.0379. The van der Waals surface area contributed by atoms with Crippen molar-refractivity contribution in [3.05, 3.63) is 42.5 Å². The Hall–Kier alpha value is -2.66. The lowest BCUT2D eigenvalue weighted by atomic mass is 10.1. The Labute approximate surface area is 433 Å².